The minimum absolute atomic E-state index is 0.0322. The van der Waals surface area contributed by atoms with Crippen molar-refractivity contribution in [1.82, 2.24) is 9.78 Å². The van der Waals surface area contributed by atoms with Crippen LogP contribution in [0.15, 0.2) is 54.7 Å². The number of nitriles is 1. The molecule has 8 heteroatoms. The van der Waals surface area contributed by atoms with Gasteiger partial charge in [-0.2, -0.15) is 10.4 Å². The van der Waals surface area contributed by atoms with Gasteiger partial charge < -0.3 is 5.32 Å². The van der Waals surface area contributed by atoms with Crippen molar-refractivity contribution in [2.75, 3.05) is 5.32 Å². The van der Waals surface area contributed by atoms with E-state index in [1.54, 1.807) is 53.3 Å². The van der Waals surface area contributed by atoms with E-state index in [1.165, 1.54) is 12.1 Å². The van der Waals surface area contributed by atoms with Gasteiger partial charge in [0.15, 0.2) is 5.82 Å². The number of anilines is 1. The molecule has 1 aliphatic carbocycles. The van der Waals surface area contributed by atoms with Crippen LogP contribution in [0.25, 0.3) is 0 Å². The number of rotatable bonds is 6. The zero-order chi connectivity index (χ0) is 22.0. The zero-order valence-electron chi connectivity index (χ0n) is 16.5. The number of alkyl halides is 2. The van der Waals surface area contributed by atoms with Crippen LogP contribution in [0.4, 0.5) is 19.0 Å². The Labute approximate surface area is 177 Å². The zero-order valence-corrected chi connectivity index (χ0v) is 16.5. The molecule has 0 radical (unpaired) electrons. The SMILES string of the molecule is N#Cc1cc(Cn2ccc(NC(=O)Cc3ccc(C4CC(F)(F)C4)cc3)n2)ccc1F. The van der Waals surface area contributed by atoms with Crippen LogP contribution < -0.4 is 5.32 Å². The Morgan fingerprint density at radius 2 is 1.87 bits per heavy atom. The second-order valence-corrected chi connectivity index (χ2v) is 7.75. The number of halogens is 3. The van der Waals surface area contributed by atoms with Crippen molar-refractivity contribution in [3.63, 3.8) is 0 Å². The monoisotopic (exact) mass is 424 g/mol. The highest BCUT2D eigenvalue weighted by Crippen LogP contribution is 2.48. The molecule has 4 rings (SSSR count). The molecule has 2 aromatic carbocycles. The molecule has 31 heavy (non-hydrogen) atoms. The van der Waals surface area contributed by atoms with Gasteiger partial charge in [-0.1, -0.05) is 30.3 Å². The lowest BCUT2D eigenvalue weighted by Gasteiger charge is -2.35. The molecule has 5 nitrogen and oxygen atoms in total. The average Bonchev–Trinajstić information content (AvgIpc) is 3.14. The first-order valence-corrected chi connectivity index (χ1v) is 9.80. The lowest BCUT2D eigenvalue weighted by molar-refractivity contribution is -0.115. The Morgan fingerprint density at radius 1 is 1.16 bits per heavy atom. The minimum Gasteiger partial charge on any atom is -0.309 e. The first kappa shape index (κ1) is 20.7. The number of nitrogens with zero attached hydrogens (tertiary/aromatic N) is 3. The van der Waals surface area contributed by atoms with Gasteiger partial charge in [-0.15, -0.1) is 0 Å². The molecule has 0 bridgehead atoms. The van der Waals surface area contributed by atoms with Gasteiger partial charge in [0.1, 0.15) is 11.9 Å². The molecule has 0 unspecified atom stereocenters. The number of amides is 1. The maximum Gasteiger partial charge on any atom is 0.249 e. The van der Waals surface area contributed by atoms with Gasteiger partial charge >= 0.3 is 0 Å². The summed E-state index contributed by atoms with van der Waals surface area (Å²) >= 11 is 0. The van der Waals surface area contributed by atoms with Gasteiger partial charge in [0, 0.05) is 25.1 Å². The molecule has 0 saturated heterocycles. The summed E-state index contributed by atoms with van der Waals surface area (Å²) in [7, 11) is 0. The molecule has 1 heterocycles. The third kappa shape index (κ3) is 4.94. The molecule has 1 amide bonds. The lowest BCUT2D eigenvalue weighted by Crippen LogP contribution is -2.33. The fourth-order valence-electron chi connectivity index (χ4n) is 3.64. The first-order valence-electron chi connectivity index (χ1n) is 9.80. The topological polar surface area (TPSA) is 70.7 Å². The van der Waals surface area contributed by atoms with Crippen LogP contribution in [0, 0.1) is 17.1 Å². The van der Waals surface area contributed by atoms with Crippen LogP contribution in [0.3, 0.4) is 0 Å². The summed E-state index contributed by atoms with van der Waals surface area (Å²) in [6, 6.07) is 14.9. The van der Waals surface area contributed by atoms with E-state index in [0.29, 0.717) is 17.9 Å². The second kappa shape index (κ2) is 8.26. The van der Waals surface area contributed by atoms with Crippen molar-refractivity contribution in [2.45, 2.75) is 37.6 Å². The largest absolute Gasteiger partial charge is 0.309 e. The minimum atomic E-state index is -2.55. The fraction of sp³-hybridized carbons (Fsp3) is 0.261. The molecule has 1 N–H and O–H groups in total. The molecule has 0 atom stereocenters. The number of benzene rings is 2. The van der Waals surface area contributed by atoms with Crippen LogP contribution in [-0.4, -0.2) is 21.6 Å². The Bertz CT molecular complexity index is 1140. The van der Waals surface area contributed by atoms with E-state index in [2.05, 4.69) is 10.4 Å². The lowest BCUT2D eigenvalue weighted by atomic mass is 9.76. The normalized spacial score (nSPS) is 15.2. The molecule has 1 saturated carbocycles. The maximum absolute atomic E-state index is 13.4. The van der Waals surface area contributed by atoms with Crippen molar-refractivity contribution in [2.24, 2.45) is 0 Å². The summed E-state index contributed by atoms with van der Waals surface area (Å²) in [5, 5.41) is 15.9. The summed E-state index contributed by atoms with van der Waals surface area (Å²) in [4.78, 5) is 12.3. The molecule has 158 valence electrons. The van der Waals surface area contributed by atoms with Gasteiger partial charge in [0.05, 0.1) is 18.5 Å². The smallest absolute Gasteiger partial charge is 0.249 e. The van der Waals surface area contributed by atoms with E-state index < -0.39 is 11.7 Å². The van der Waals surface area contributed by atoms with E-state index in [0.717, 1.165) is 11.1 Å². The Kier molecular flexibility index (Phi) is 5.51. The predicted octanol–water partition coefficient (Wildman–Crippen LogP) is 4.64. The summed E-state index contributed by atoms with van der Waals surface area (Å²) in [6.07, 6.45) is 1.57. The van der Waals surface area contributed by atoms with Crippen LogP contribution in [0.5, 0.6) is 0 Å². The van der Waals surface area contributed by atoms with Gasteiger partial charge in [-0.05, 0) is 34.7 Å². The van der Waals surface area contributed by atoms with Crippen molar-refractivity contribution >= 4 is 11.7 Å². The van der Waals surface area contributed by atoms with E-state index in [9.17, 15) is 18.0 Å². The summed E-state index contributed by atoms with van der Waals surface area (Å²) in [5.74, 6) is -3.12. The van der Waals surface area contributed by atoms with E-state index in [-0.39, 0.29) is 36.7 Å². The maximum atomic E-state index is 13.4. The van der Waals surface area contributed by atoms with Crippen LogP contribution in [0.2, 0.25) is 0 Å². The quantitative estimate of drug-likeness (QED) is 0.627. The van der Waals surface area contributed by atoms with Gasteiger partial charge in [0.2, 0.25) is 11.8 Å². The van der Waals surface area contributed by atoms with E-state index >= 15 is 0 Å². The number of nitrogens with one attached hydrogen (secondary N) is 1. The Morgan fingerprint density at radius 3 is 2.55 bits per heavy atom. The Balaban J connectivity index is 1.31. The summed E-state index contributed by atoms with van der Waals surface area (Å²) in [5.41, 5.74) is 2.33. The number of hydrogen-bond acceptors (Lipinski definition) is 3. The molecule has 0 aliphatic heterocycles. The molecular formula is C23H19F3N4O. The van der Waals surface area contributed by atoms with Gasteiger partial charge in [-0.25, -0.2) is 13.2 Å². The average molecular weight is 424 g/mol. The van der Waals surface area contributed by atoms with Crippen molar-refractivity contribution < 1.29 is 18.0 Å². The number of carbonyl (C=O) groups is 1. The predicted molar refractivity (Wildman–Crippen MR) is 108 cm³/mol. The molecule has 0 spiro atoms. The fourth-order valence-corrected chi connectivity index (χ4v) is 3.64. The van der Waals surface area contributed by atoms with Crippen LogP contribution in [-0.2, 0) is 17.8 Å². The van der Waals surface area contributed by atoms with Crippen molar-refractivity contribution in [3.05, 3.63) is 82.8 Å². The standard InChI is InChI=1S/C23H19F3N4O/c24-20-6-3-16(9-18(20)13-27)14-30-8-7-21(29-30)28-22(31)10-15-1-4-17(5-2-15)19-11-23(25,26)12-19/h1-9,19H,10-12,14H2,(H,28,29,31). The molecule has 3 aromatic rings. The number of carbonyl (C=O) groups excluding carboxylic acids is 1. The summed E-state index contributed by atoms with van der Waals surface area (Å²) < 4.78 is 41.0. The highest BCUT2D eigenvalue weighted by Gasteiger charge is 2.45. The summed E-state index contributed by atoms with van der Waals surface area (Å²) in [6.45, 7) is 0.326. The highest BCUT2D eigenvalue weighted by atomic mass is 19.3. The molecule has 1 fully saturated rings. The molecule has 1 aromatic heterocycles. The van der Waals surface area contributed by atoms with Gasteiger partial charge in [0.25, 0.3) is 0 Å². The number of aromatic nitrogens is 2. The van der Waals surface area contributed by atoms with Crippen LogP contribution >= 0.6 is 0 Å². The highest BCUT2D eigenvalue weighted by molar-refractivity contribution is 5.91. The van der Waals surface area contributed by atoms with Gasteiger partial charge in [-0.3, -0.25) is 9.48 Å². The number of hydrogen-bond donors (Lipinski definition) is 1. The van der Waals surface area contributed by atoms with Crippen molar-refractivity contribution in [3.8, 4) is 6.07 Å². The molecular weight excluding hydrogens is 405 g/mol. The third-order valence-electron chi connectivity index (χ3n) is 5.31. The van der Waals surface area contributed by atoms with E-state index in [1.807, 2.05) is 0 Å². The third-order valence-corrected chi connectivity index (χ3v) is 5.31. The van der Waals surface area contributed by atoms with Crippen molar-refractivity contribution in [1.29, 1.82) is 5.26 Å². The Hall–Kier alpha value is -3.60. The van der Waals surface area contributed by atoms with E-state index in [4.69, 9.17) is 5.26 Å². The van der Waals surface area contributed by atoms with Crippen LogP contribution in [0.1, 0.15) is 41.0 Å². The second-order valence-electron chi connectivity index (χ2n) is 7.75. The molecule has 1 aliphatic rings. The first-order chi connectivity index (χ1) is 14.8.